The Morgan fingerprint density at radius 1 is 1.12 bits per heavy atom. The molecule has 1 saturated carbocycles. The highest BCUT2D eigenvalue weighted by molar-refractivity contribution is 5.98. The Balaban J connectivity index is 1.57. The van der Waals surface area contributed by atoms with Crippen LogP contribution in [0.25, 0.3) is 0 Å². The molecule has 0 unspecified atom stereocenters. The highest BCUT2D eigenvalue weighted by atomic mass is 19.1. The topological polar surface area (TPSA) is 64.4 Å². The highest BCUT2D eigenvalue weighted by Gasteiger charge is 2.36. The summed E-state index contributed by atoms with van der Waals surface area (Å²) in [6, 6.07) is 13.5. The monoisotopic (exact) mass is 328 g/mol. The van der Waals surface area contributed by atoms with Crippen LogP contribution < -0.4 is 15.8 Å². The van der Waals surface area contributed by atoms with E-state index in [1.54, 1.807) is 42.5 Å². The number of amides is 1. The first-order valence-corrected chi connectivity index (χ1v) is 8.13. The van der Waals surface area contributed by atoms with Crippen LogP contribution in [0.4, 0.5) is 10.1 Å². The molecule has 1 aliphatic carbocycles. The first-order valence-electron chi connectivity index (χ1n) is 8.13. The summed E-state index contributed by atoms with van der Waals surface area (Å²) in [5.74, 6) is 0.186. The molecule has 126 valence electrons. The van der Waals surface area contributed by atoms with E-state index in [0.29, 0.717) is 17.0 Å². The Hall–Kier alpha value is -2.40. The zero-order chi connectivity index (χ0) is 17.0. The Kier molecular flexibility index (Phi) is 4.81. The summed E-state index contributed by atoms with van der Waals surface area (Å²) in [4.78, 5) is 12.3. The number of benzene rings is 2. The van der Waals surface area contributed by atoms with Crippen molar-refractivity contribution in [2.24, 2.45) is 5.73 Å². The summed E-state index contributed by atoms with van der Waals surface area (Å²) < 4.78 is 19.1. The second-order valence-electron chi connectivity index (χ2n) is 6.22. The van der Waals surface area contributed by atoms with Gasteiger partial charge in [-0.25, -0.2) is 4.39 Å². The highest BCUT2D eigenvalue weighted by Crippen LogP contribution is 2.28. The molecular formula is C19H21FN2O2. The summed E-state index contributed by atoms with van der Waals surface area (Å²) in [6.07, 6.45) is 3.44. The summed E-state index contributed by atoms with van der Waals surface area (Å²) >= 11 is 0. The van der Waals surface area contributed by atoms with Crippen LogP contribution in [0.15, 0.2) is 48.5 Å². The number of nitrogens with one attached hydrogen (secondary N) is 1. The van der Waals surface area contributed by atoms with Gasteiger partial charge in [0.25, 0.3) is 0 Å². The van der Waals surface area contributed by atoms with E-state index in [-0.39, 0.29) is 18.3 Å². The maximum atomic E-state index is 13.5. The lowest BCUT2D eigenvalue weighted by Gasteiger charge is -2.22. The fourth-order valence-electron chi connectivity index (χ4n) is 2.90. The maximum absolute atomic E-state index is 13.5. The van der Waals surface area contributed by atoms with E-state index < -0.39 is 5.54 Å². The molecule has 24 heavy (non-hydrogen) atoms. The molecule has 3 N–H and O–H groups in total. The van der Waals surface area contributed by atoms with Crippen LogP contribution in [-0.4, -0.2) is 11.4 Å². The number of nitrogens with two attached hydrogens (primary N) is 1. The largest absolute Gasteiger partial charge is 0.489 e. The van der Waals surface area contributed by atoms with Crippen LogP contribution in [0.3, 0.4) is 0 Å². The van der Waals surface area contributed by atoms with Crippen LogP contribution in [0, 0.1) is 5.82 Å². The number of halogens is 1. The standard InChI is InChI=1S/C19H21FN2O2/c20-17-6-2-1-5-14(17)13-24-16-9-7-15(8-10-16)22-18(23)19(21)11-3-4-12-19/h1-2,5-10H,3-4,11-13,21H2,(H,22,23). The lowest BCUT2D eigenvalue weighted by Crippen LogP contribution is -2.48. The number of hydrogen-bond donors (Lipinski definition) is 2. The number of carbonyl (C=O) groups excluding carboxylic acids is 1. The van der Waals surface area contributed by atoms with Gasteiger partial charge in [-0.1, -0.05) is 31.0 Å². The van der Waals surface area contributed by atoms with Gasteiger partial charge < -0.3 is 15.8 Å². The van der Waals surface area contributed by atoms with Crippen molar-refractivity contribution in [3.05, 3.63) is 59.9 Å². The summed E-state index contributed by atoms with van der Waals surface area (Å²) in [5.41, 5.74) is 6.56. The predicted octanol–water partition coefficient (Wildman–Crippen LogP) is 3.61. The van der Waals surface area contributed by atoms with Crippen LogP contribution in [0.5, 0.6) is 5.75 Å². The van der Waals surface area contributed by atoms with E-state index in [1.807, 2.05) is 0 Å². The van der Waals surface area contributed by atoms with Gasteiger partial charge in [-0.05, 0) is 43.2 Å². The SMILES string of the molecule is NC1(C(=O)Nc2ccc(OCc3ccccc3F)cc2)CCCC1. The van der Waals surface area contributed by atoms with Gasteiger partial charge in [0.1, 0.15) is 18.2 Å². The minimum Gasteiger partial charge on any atom is -0.489 e. The Bertz CT molecular complexity index is 710. The predicted molar refractivity (Wildman–Crippen MR) is 91.2 cm³/mol. The average Bonchev–Trinajstić information content (AvgIpc) is 3.04. The molecule has 1 aliphatic rings. The Morgan fingerprint density at radius 3 is 2.46 bits per heavy atom. The summed E-state index contributed by atoms with van der Waals surface area (Å²) in [6.45, 7) is 0.157. The van der Waals surface area contributed by atoms with Gasteiger partial charge in [-0.2, -0.15) is 0 Å². The molecular weight excluding hydrogens is 307 g/mol. The normalized spacial score (nSPS) is 15.9. The lowest BCUT2D eigenvalue weighted by molar-refractivity contribution is -0.121. The summed E-state index contributed by atoms with van der Waals surface area (Å²) in [7, 11) is 0. The van der Waals surface area contributed by atoms with Gasteiger partial charge in [0, 0.05) is 11.3 Å². The molecule has 0 heterocycles. The summed E-state index contributed by atoms with van der Waals surface area (Å²) in [5, 5.41) is 2.85. The molecule has 0 aliphatic heterocycles. The molecule has 3 rings (SSSR count). The molecule has 0 aromatic heterocycles. The van der Waals surface area contributed by atoms with Gasteiger partial charge in [0.2, 0.25) is 5.91 Å². The molecule has 1 fully saturated rings. The van der Waals surface area contributed by atoms with Gasteiger partial charge in [0.15, 0.2) is 0 Å². The van der Waals surface area contributed by atoms with Crippen molar-refractivity contribution < 1.29 is 13.9 Å². The Morgan fingerprint density at radius 2 is 1.79 bits per heavy atom. The number of hydrogen-bond acceptors (Lipinski definition) is 3. The van der Waals surface area contributed by atoms with Gasteiger partial charge in [-0.15, -0.1) is 0 Å². The molecule has 0 bridgehead atoms. The average molecular weight is 328 g/mol. The second kappa shape index (κ2) is 7.01. The Labute approximate surface area is 140 Å². The molecule has 0 saturated heterocycles. The fourth-order valence-corrected chi connectivity index (χ4v) is 2.90. The van der Waals surface area contributed by atoms with Gasteiger partial charge >= 0.3 is 0 Å². The van der Waals surface area contributed by atoms with E-state index >= 15 is 0 Å². The van der Waals surface area contributed by atoms with Crippen LogP contribution in [0.2, 0.25) is 0 Å². The third-order valence-corrected chi connectivity index (χ3v) is 4.41. The van der Waals surface area contributed by atoms with E-state index in [4.69, 9.17) is 10.5 Å². The zero-order valence-corrected chi connectivity index (χ0v) is 13.4. The van der Waals surface area contributed by atoms with Gasteiger partial charge in [0.05, 0.1) is 5.54 Å². The first-order chi connectivity index (χ1) is 11.6. The quantitative estimate of drug-likeness (QED) is 0.881. The number of anilines is 1. The molecule has 5 heteroatoms. The van der Waals surface area contributed by atoms with Crippen LogP contribution in [0.1, 0.15) is 31.2 Å². The van der Waals surface area contributed by atoms with Crippen molar-refractivity contribution in [2.45, 2.75) is 37.8 Å². The van der Waals surface area contributed by atoms with Crippen molar-refractivity contribution in [3.63, 3.8) is 0 Å². The van der Waals surface area contributed by atoms with E-state index in [0.717, 1.165) is 25.7 Å². The molecule has 1 amide bonds. The zero-order valence-electron chi connectivity index (χ0n) is 13.4. The van der Waals surface area contributed by atoms with Crippen LogP contribution in [-0.2, 0) is 11.4 Å². The molecule has 2 aromatic carbocycles. The number of carbonyl (C=O) groups is 1. The smallest absolute Gasteiger partial charge is 0.244 e. The minimum atomic E-state index is -0.750. The van der Waals surface area contributed by atoms with Crippen LogP contribution >= 0.6 is 0 Å². The molecule has 4 nitrogen and oxygen atoms in total. The maximum Gasteiger partial charge on any atom is 0.244 e. The molecule has 0 radical (unpaired) electrons. The van der Waals surface area contributed by atoms with Crippen molar-refractivity contribution in [1.29, 1.82) is 0 Å². The second-order valence-corrected chi connectivity index (χ2v) is 6.22. The lowest BCUT2D eigenvalue weighted by atomic mass is 9.98. The third kappa shape index (κ3) is 3.74. The van der Waals surface area contributed by atoms with E-state index in [2.05, 4.69) is 5.32 Å². The third-order valence-electron chi connectivity index (χ3n) is 4.41. The van der Waals surface area contributed by atoms with Crippen molar-refractivity contribution in [3.8, 4) is 5.75 Å². The van der Waals surface area contributed by atoms with Gasteiger partial charge in [-0.3, -0.25) is 4.79 Å². The first kappa shape index (κ1) is 16.5. The molecule has 0 atom stereocenters. The van der Waals surface area contributed by atoms with E-state index in [1.165, 1.54) is 6.07 Å². The van der Waals surface area contributed by atoms with Crippen molar-refractivity contribution >= 4 is 11.6 Å². The number of ether oxygens (including phenoxy) is 1. The van der Waals surface area contributed by atoms with E-state index in [9.17, 15) is 9.18 Å². The van der Waals surface area contributed by atoms with Crippen molar-refractivity contribution in [2.75, 3.05) is 5.32 Å². The number of rotatable bonds is 5. The minimum absolute atomic E-state index is 0.139. The van der Waals surface area contributed by atoms with Crippen molar-refractivity contribution in [1.82, 2.24) is 0 Å². The fraction of sp³-hybridized carbons (Fsp3) is 0.316. The molecule has 2 aromatic rings. The molecule has 0 spiro atoms.